The van der Waals surface area contributed by atoms with Crippen molar-refractivity contribution >= 4 is 27.9 Å². The van der Waals surface area contributed by atoms with Crippen LogP contribution in [0, 0.1) is 0 Å². The van der Waals surface area contributed by atoms with Gasteiger partial charge in [0.15, 0.2) is 11.6 Å². The molecule has 0 aliphatic carbocycles. The molecule has 0 bridgehead atoms. The highest BCUT2D eigenvalue weighted by Crippen LogP contribution is 2.34. The molecule has 3 aromatic rings. The van der Waals surface area contributed by atoms with E-state index < -0.39 is 0 Å². The third-order valence-electron chi connectivity index (χ3n) is 3.32. The number of hydrogen-bond donors (Lipinski definition) is 1. The van der Waals surface area contributed by atoms with Gasteiger partial charge in [-0.2, -0.15) is 0 Å². The lowest BCUT2D eigenvalue weighted by atomic mass is 10.1. The van der Waals surface area contributed by atoms with Crippen LogP contribution in [0.5, 0.6) is 0 Å². The molecule has 0 unspecified atom stereocenters. The predicted molar refractivity (Wildman–Crippen MR) is 78.9 cm³/mol. The number of furan rings is 1. The van der Waals surface area contributed by atoms with E-state index in [9.17, 15) is 0 Å². The van der Waals surface area contributed by atoms with E-state index in [1.54, 1.807) is 11.3 Å². The maximum Gasteiger partial charge on any atom is 0.176 e. The second-order valence-corrected chi connectivity index (χ2v) is 5.41. The number of hydrogen-bond acceptors (Lipinski definition) is 4. The van der Waals surface area contributed by atoms with E-state index in [1.807, 2.05) is 6.26 Å². The Bertz CT molecular complexity index is 756. The number of benzene rings is 1. The summed E-state index contributed by atoms with van der Waals surface area (Å²) >= 11 is 1.74. The quantitative estimate of drug-likeness (QED) is 0.772. The molecular formula is C15H12N2OS. The minimum atomic E-state index is 0.822. The standard InChI is InChI=1S/C15H12N2OS/c1-3-10(13-5-2-8-19-13)12-9-18-14(11(12)4-1)15-16-6-7-17-15/h1-5,8-9H,6-7H2,(H,16,17). The van der Waals surface area contributed by atoms with Crippen molar-refractivity contribution in [1.29, 1.82) is 0 Å². The van der Waals surface area contributed by atoms with Crippen LogP contribution >= 0.6 is 11.3 Å². The van der Waals surface area contributed by atoms with Crippen molar-refractivity contribution in [3.05, 3.63) is 47.7 Å². The summed E-state index contributed by atoms with van der Waals surface area (Å²) < 4.78 is 5.75. The van der Waals surface area contributed by atoms with Gasteiger partial charge in [-0.05, 0) is 11.4 Å². The Balaban J connectivity index is 1.94. The van der Waals surface area contributed by atoms with E-state index in [4.69, 9.17) is 4.42 Å². The molecule has 3 heterocycles. The van der Waals surface area contributed by atoms with Gasteiger partial charge in [-0.1, -0.05) is 24.3 Å². The Morgan fingerprint density at radius 3 is 2.95 bits per heavy atom. The van der Waals surface area contributed by atoms with Crippen LogP contribution in [0.2, 0.25) is 0 Å². The smallest absolute Gasteiger partial charge is 0.176 e. The molecule has 4 rings (SSSR count). The van der Waals surface area contributed by atoms with Gasteiger partial charge in [-0.25, -0.2) is 0 Å². The molecule has 0 saturated heterocycles. The largest absolute Gasteiger partial charge is 0.460 e. The summed E-state index contributed by atoms with van der Waals surface area (Å²) in [5.41, 5.74) is 1.22. The first-order valence-electron chi connectivity index (χ1n) is 6.26. The van der Waals surface area contributed by atoms with Gasteiger partial charge in [0.1, 0.15) is 0 Å². The Morgan fingerprint density at radius 2 is 2.16 bits per heavy atom. The van der Waals surface area contributed by atoms with Crippen molar-refractivity contribution in [3.63, 3.8) is 0 Å². The Labute approximate surface area is 114 Å². The highest BCUT2D eigenvalue weighted by atomic mass is 32.1. The van der Waals surface area contributed by atoms with Crippen LogP contribution in [-0.2, 0) is 0 Å². The molecular weight excluding hydrogens is 256 g/mol. The zero-order valence-electron chi connectivity index (χ0n) is 10.2. The van der Waals surface area contributed by atoms with Crippen molar-refractivity contribution in [2.45, 2.75) is 0 Å². The fraction of sp³-hybridized carbons (Fsp3) is 0.133. The molecule has 94 valence electrons. The number of rotatable bonds is 2. The molecule has 1 aliphatic rings. The minimum Gasteiger partial charge on any atom is -0.460 e. The lowest BCUT2D eigenvalue weighted by molar-refractivity contribution is 0.560. The minimum absolute atomic E-state index is 0.822. The number of nitrogens with zero attached hydrogens (tertiary/aromatic N) is 1. The van der Waals surface area contributed by atoms with Crippen molar-refractivity contribution < 1.29 is 4.42 Å². The summed E-state index contributed by atoms with van der Waals surface area (Å²) in [4.78, 5) is 5.70. The number of thiophene rings is 1. The maximum absolute atomic E-state index is 5.75. The fourth-order valence-corrected chi connectivity index (χ4v) is 3.22. The summed E-state index contributed by atoms with van der Waals surface area (Å²) in [5.74, 6) is 1.73. The van der Waals surface area contributed by atoms with E-state index in [0.717, 1.165) is 35.5 Å². The van der Waals surface area contributed by atoms with E-state index in [2.05, 4.69) is 46.0 Å². The van der Waals surface area contributed by atoms with Gasteiger partial charge in [0.05, 0.1) is 12.8 Å². The number of fused-ring (bicyclic) bond motifs is 1. The highest BCUT2D eigenvalue weighted by Gasteiger charge is 2.17. The SMILES string of the molecule is c1csc(-c2cccc3c(C4=NCCN4)occ23)c1. The van der Waals surface area contributed by atoms with Crippen LogP contribution < -0.4 is 5.32 Å². The second kappa shape index (κ2) is 4.24. The van der Waals surface area contributed by atoms with Crippen LogP contribution in [0.4, 0.5) is 0 Å². The Hall–Kier alpha value is -2.07. The molecule has 0 amide bonds. The van der Waals surface area contributed by atoms with Crippen LogP contribution in [0.3, 0.4) is 0 Å². The lowest BCUT2D eigenvalue weighted by Gasteiger charge is -2.01. The zero-order valence-corrected chi connectivity index (χ0v) is 11.0. The molecule has 1 aromatic carbocycles. The molecule has 0 saturated carbocycles. The molecule has 2 aromatic heterocycles. The Morgan fingerprint density at radius 1 is 1.16 bits per heavy atom. The van der Waals surface area contributed by atoms with E-state index in [0.29, 0.717) is 0 Å². The normalized spacial score (nSPS) is 14.6. The molecule has 0 fully saturated rings. The average Bonchev–Trinajstić information content (AvgIpc) is 3.18. The first-order valence-corrected chi connectivity index (χ1v) is 7.14. The van der Waals surface area contributed by atoms with E-state index >= 15 is 0 Å². The van der Waals surface area contributed by atoms with Gasteiger partial charge >= 0.3 is 0 Å². The molecule has 0 spiro atoms. The third kappa shape index (κ3) is 1.68. The van der Waals surface area contributed by atoms with Gasteiger partial charge in [-0.3, -0.25) is 4.99 Å². The van der Waals surface area contributed by atoms with Gasteiger partial charge in [-0.15, -0.1) is 11.3 Å². The number of amidine groups is 1. The molecule has 4 heteroatoms. The van der Waals surface area contributed by atoms with E-state index in [-0.39, 0.29) is 0 Å². The van der Waals surface area contributed by atoms with Gasteiger partial charge in [0.25, 0.3) is 0 Å². The maximum atomic E-state index is 5.75. The molecule has 1 aliphatic heterocycles. The van der Waals surface area contributed by atoms with Crippen molar-refractivity contribution in [2.75, 3.05) is 13.1 Å². The topological polar surface area (TPSA) is 37.5 Å². The summed E-state index contributed by atoms with van der Waals surface area (Å²) in [7, 11) is 0. The molecule has 1 N–H and O–H groups in total. The third-order valence-corrected chi connectivity index (χ3v) is 4.22. The lowest BCUT2D eigenvalue weighted by Crippen LogP contribution is -2.18. The number of aliphatic imine (C=N–C) groups is 1. The Kier molecular flexibility index (Phi) is 2.42. The summed E-state index contributed by atoms with van der Waals surface area (Å²) in [6.07, 6.45) is 1.84. The summed E-state index contributed by atoms with van der Waals surface area (Å²) in [6, 6.07) is 10.5. The molecule has 3 nitrogen and oxygen atoms in total. The second-order valence-electron chi connectivity index (χ2n) is 4.47. The zero-order chi connectivity index (χ0) is 12.7. The monoisotopic (exact) mass is 268 g/mol. The number of nitrogens with one attached hydrogen (secondary N) is 1. The predicted octanol–water partition coefficient (Wildman–Crippen LogP) is 3.51. The van der Waals surface area contributed by atoms with Crippen molar-refractivity contribution in [2.24, 2.45) is 4.99 Å². The van der Waals surface area contributed by atoms with Crippen molar-refractivity contribution in [3.8, 4) is 10.4 Å². The van der Waals surface area contributed by atoms with Crippen LogP contribution in [0.25, 0.3) is 21.2 Å². The molecule has 19 heavy (non-hydrogen) atoms. The average molecular weight is 268 g/mol. The summed E-state index contributed by atoms with van der Waals surface area (Å²) in [6.45, 7) is 1.71. The molecule has 0 atom stereocenters. The fourth-order valence-electron chi connectivity index (χ4n) is 2.45. The first kappa shape index (κ1) is 10.8. The van der Waals surface area contributed by atoms with Gasteiger partial charge < -0.3 is 9.73 Å². The van der Waals surface area contributed by atoms with E-state index in [1.165, 1.54) is 10.4 Å². The van der Waals surface area contributed by atoms with Gasteiger partial charge in [0.2, 0.25) is 0 Å². The van der Waals surface area contributed by atoms with Crippen LogP contribution in [0.15, 0.2) is 51.4 Å². The van der Waals surface area contributed by atoms with Crippen LogP contribution in [-0.4, -0.2) is 18.9 Å². The van der Waals surface area contributed by atoms with Crippen molar-refractivity contribution in [1.82, 2.24) is 5.32 Å². The van der Waals surface area contributed by atoms with Crippen LogP contribution in [0.1, 0.15) is 5.76 Å². The highest BCUT2D eigenvalue weighted by molar-refractivity contribution is 7.13. The molecule has 0 radical (unpaired) electrons. The summed E-state index contributed by atoms with van der Waals surface area (Å²) in [5, 5.41) is 7.63. The first-order chi connectivity index (χ1) is 9.43. The van der Waals surface area contributed by atoms with Gasteiger partial charge in [0, 0.05) is 27.8 Å².